The van der Waals surface area contributed by atoms with E-state index in [0.29, 0.717) is 0 Å². The zero-order valence-corrected chi connectivity index (χ0v) is 16.6. The highest BCUT2D eigenvalue weighted by atomic mass is 32.2. The number of nitrogens with zero attached hydrogens (tertiary/aromatic N) is 3. The van der Waals surface area contributed by atoms with Gasteiger partial charge in [0.2, 0.25) is 27.7 Å². The van der Waals surface area contributed by atoms with Crippen LogP contribution in [0.25, 0.3) is 0 Å². The molecule has 0 bridgehead atoms. The van der Waals surface area contributed by atoms with E-state index >= 15 is 0 Å². The molecule has 0 fully saturated rings. The van der Waals surface area contributed by atoms with Crippen molar-refractivity contribution in [3.05, 3.63) is 29.8 Å². The summed E-state index contributed by atoms with van der Waals surface area (Å²) in [4.78, 5) is 12.0. The van der Waals surface area contributed by atoms with E-state index in [4.69, 9.17) is 9.84 Å². The van der Waals surface area contributed by atoms with Gasteiger partial charge in [-0.25, -0.2) is 12.8 Å². The normalized spacial score (nSPS) is 12.5. The summed E-state index contributed by atoms with van der Waals surface area (Å²) in [6.45, 7) is 1.53. The zero-order chi connectivity index (χ0) is 20.7. The van der Waals surface area contributed by atoms with Crippen molar-refractivity contribution >= 4 is 33.7 Å². The van der Waals surface area contributed by atoms with Crippen molar-refractivity contribution in [2.75, 3.05) is 35.3 Å². The summed E-state index contributed by atoms with van der Waals surface area (Å²) in [5.41, 5.74) is 0. The maximum Gasteiger partial charge on any atom is 0.242 e. The molecule has 9 nitrogen and oxygen atoms in total. The highest BCUT2D eigenvalue weighted by molar-refractivity contribution is 7.99. The number of aromatic nitrogens is 3. The minimum atomic E-state index is -3.61. The first kappa shape index (κ1) is 22.0. The van der Waals surface area contributed by atoms with Gasteiger partial charge in [-0.15, -0.1) is 0 Å². The fourth-order valence-corrected chi connectivity index (χ4v) is 2.92. The molecule has 0 aliphatic rings. The largest absolute Gasteiger partial charge is 0.490 e. The lowest BCUT2D eigenvalue weighted by atomic mass is 10.3. The van der Waals surface area contributed by atoms with E-state index in [1.54, 1.807) is 6.92 Å². The number of ether oxygens (including phenoxy) is 1. The quantitative estimate of drug-likeness (QED) is 0.376. The Morgan fingerprint density at radius 1 is 1.25 bits per heavy atom. The van der Waals surface area contributed by atoms with Gasteiger partial charge in [-0.2, -0.15) is 19.3 Å². The minimum Gasteiger partial charge on any atom is -0.490 e. The number of nitrogens with one attached hydrogen (secondary N) is 2. The van der Waals surface area contributed by atoms with Crippen LogP contribution in [0.5, 0.6) is 5.75 Å². The SMILES string of the molecule is C[C@H](CO)Nc1nc(NS(C)(=O)=O)nc(SCCOc2cccc(F)c2F)n1. The third kappa shape index (κ3) is 7.05. The molecule has 1 aromatic heterocycles. The van der Waals surface area contributed by atoms with Crippen LogP contribution in [0.3, 0.4) is 0 Å². The van der Waals surface area contributed by atoms with E-state index in [2.05, 4.69) is 25.0 Å². The number of anilines is 2. The first-order chi connectivity index (χ1) is 13.2. The zero-order valence-electron chi connectivity index (χ0n) is 15.0. The van der Waals surface area contributed by atoms with Crippen LogP contribution in [0, 0.1) is 11.6 Å². The summed E-state index contributed by atoms with van der Waals surface area (Å²) in [6.07, 6.45) is 0.953. The van der Waals surface area contributed by atoms with Gasteiger partial charge in [0, 0.05) is 11.8 Å². The van der Waals surface area contributed by atoms with Gasteiger partial charge in [-0.05, 0) is 19.1 Å². The molecule has 3 N–H and O–H groups in total. The van der Waals surface area contributed by atoms with E-state index in [0.717, 1.165) is 24.1 Å². The van der Waals surface area contributed by atoms with E-state index in [1.807, 2.05) is 0 Å². The second-order valence-electron chi connectivity index (χ2n) is 5.62. The summed E-state index contributed by atoms with van der Waals surface area (Å²) in [7, 11) is -3.61. The Morgan fingerprint density at radius 3 is 2.64 bits per heavy atom. The Balaban J connectivity index is 2.05. The minimum absolute atomic E-state index is 0.0291. The van der Waals surface area contributed by atoms with Gasteiger partial charge in [0.25, 0.3) is 0 Å². The average molecular weight is 435 g/mol. The standard InChI is InChI=1S/C15H19F2N5O4S2/c1-9(8-23)18-13-19-14(22-28(2,24)25)21-15(20-13)27-7-6-26-11-5-3-4-10(16)12(11)17/h3-5,9,23H,6-8H2,1-2H3,(H2,18,19,20,21,22)/t9-/m1/s1. The maximum absolute atomic E-state index is 13.5. The van der Waals surface area contributed by atoms with Crippen molar-refractivity contribution in [2.45, 2.75) is 18.1 Å². The lowest BCUT2D eigenvalue weighted by Gasteiger charge is -2.13. The molecule has 2 rings (SSSR count). The summed E-state index contributed by atoms with van der Waals surface area (Å²) in [6, 6.07) is 3.25. The van der Waals surface area contributed by atoms with Crippen LogP contribution in [0.15, 0.2) is 23.4 Å². The van der Waals surface area contributed by atoms with Gasteiger partial charge in [0.05, 0.1) is 19.5 Å². The van der Waals surface area contributed by atoms with Crippen molar-refractivity contribution in [3.8, 4) is 5.75 Å². The monoisotopic (exact) mass is 435 g/mol. The van der Waals surface area contributed by atoms with Crippen LogP contribution >= 0.6 is 11.8 Å². The van der Waals surface area contributed by atoms with Crippen LogP contribution in [0.4, 0.5) is 20.7 Å². The Labute approximate surface area is 165 Å². The smallest absolute Gasteiger partial charge is 0.242 e. The van der Waals surface area contributed by atoms with Crippen molar-refractivity contribution in [1.82, 2.24) is 15.0 Å². The summed E-state index contributed by atoms with van der Waals surface area (Å²) in [5, 5.41) is 12.1. The molecule has 0 amide bonds. The molecule has 13 heteroatoms. The van der Waals surface area contributed by atoms with Gasteiger partial charge in [0.15, 0.2) is 16.7 Å². The van der Waals surface area contributed by atoms with Crippen LogP contribution in [0.1, 0.15) is 6.92 Å². The number of hydrogen-bond donors (Lipinski definition) is 3. The Hall–Kier alpha value is -2.25. The number of benzene rings is 1. The number of aliphatic hydroxyl groups excluding tert-OH is 1. The summed E-state index contributed by atoms with van der Waals surface area (Å²) in [5.74, 6) is -2.14. The van der Waals surface area contributed by atoms with Gasteiger partial charge >= 0.3 is 0 Å². The molecule has 0 aliphatic heterocycles. The highest BCUT2D eigenvalue weighted by Crippen LogP contribution is 2.21. The predicted molar refractivity (Wildman–Crippen MR) is 101 cm³/mol. The topological polar surface area (TPSA) is 126 Å². The number of thioether (sulfide) groups is 1. The van der Waals surface area contributed by atoms with E-state index in [9.17, 15) is 17.2 Å². The molecule has 0 unspecified atom stereocenters. The van der Waals surface area contributed by atoms with Gasteiger partial charge < -0.3 is 15.2 Å². The molecule has 28 heavy (non-hydrogen) atoms. The Kier molecular flexibility index (Phi) is 7.71. The summed E-state index contributed by atoms with van der Waals surface area (Å²) < 4.78 is 56.9. The molecule has 0 radical (unpaired) electrons. The molecule has 0 aliphatic carbocycles. The number of hydrogen-bond acceptors (Lipinski definition) is 9. The van der Waals surface area contributed by atoms with Gasteiger partial charge in [-0.3, -0.25) is 4.72 Å². The van der Waals surface area contributed by atoms with Crippen molar-refractivity contribution in [3.63, 3.8) is 0 Å². The fraction of sp³-hybridized carbons (Fsp3) is 0.400. The van der Waals surface area contributed by atoms with E-state index in [1.165, 1.54) is 12.1 Å². The molecule has 1 atom stereocenters. The second-order valence-corrected chi connectivity index (χ2v) is 8.43. The first-order valence-electron chi connectivity index (χ1n) is 7.99. The molecule has 0 saturated heterocycles. The van der Waals surface area contributed by atoms with Crippen LogP contribution in [-0.4, -0.2) is 59.7 Å². The highest BCUT2D eigenvalue weighted by Gasteiger charge is 2.13. The summed E-state index contributed by atoms with van der Waals surface area (Å²) >= 11 is 1.10. The van der Waals surface area contributed by atoms with Crippen molar-refractivity contribution in [1.29, 1.82) is 0 Å². The Bertz CT molecular complexity index is 917. The molecular weight excluding hydrogens is 416 g/mol. The van der Waals surface area contributed by atoms with E-state index < -0.39 is 21.7 Å². The predicted octanol–water partition coefficient (Wildman–Crippen LogP) is 1.49. The second kappa shape index (κ2) is 9.80. The lowest BCUT2D eigenvalue weighted by molar-refractivity contribution is 0.281. The van der Waals surface area contributed by atoms with Gasteiger partial charge in [0.1, 0.15) is 0 Å². The molecule has 1 aromatic carbocycles. The first-order valence-corrected chi connectivity index (χ1v) is 10.9. The molecule has 0 spiro atoms. The number of aliphatic hydroxyl groups is 1. The fourth-order valence-electron chi connectivity index (χ4n) is 1.84. The molecule has 1 heterocycles. The van der Waals surface area contributed by atoms with Crippen LogP contribution in [-0.2, 0) is 10.0 Å². The molecule has 0 saturated carbocycles. The van der Waals surface area contributed by atoms with Crippen molar-refractivity contribution in [2.24, 2.45) is 0 Å². The molecular formula is C15H19F2N5O4S2. The average Bonchev–Trinajstić information content (AvgIpc) is 2.60. The number of sulfonamides is 1. The number of halogens is 2. The third-order valence-electron chi connectivity index (χ3n) is 3.03. The third-order valence-corrected chi connectivity index (χ3v) is 4.39. The van der Waals surface area contributed by atoms with Crippen LogP contribution < -0.4 is 14.8 Å². The Morgan fingerprint density at radius 2 is 1.96 bits per heavy atom. The number of rotatable bonds is 10. The lowest BCUT2D eigenvalue weighted by Crippen LogP contribution is -2.22. The van der Waals surface area contributed by atoms with E-state index in [-0.39, 0.29) is 47.8 Å². The van der Waals surface area contributed by atoms with Gasteiger partial charge in [-0.1, -0.05) is 17.8 Å². The molecule has 2 aromatic rings. The van der Waals surface area contributed by atoms with Crippen LogP contribution in [0.2, 0.25) is 0 Å². The van der Waals surface area contributed by atoms with Crippen molar-refractivity contribution < 1.29 is 27.0 Å². The maximum atomic E-state index is 13.5. The molecule has 154 valence electrons.